The molecule has 5 heteroatoms. The third-order valence-electron chi connectivity index (χ3n) is 3.45. The zero-order valence-electron chi connectivity index (χ0n) is 10.4. The van der Waals surface area contributed by atoms with E-state index < -0.39 is 0 Å². The summed E-state index contributed by atoms with van der Waals surface area (Å²) >= 11 is 3.72. The first-order valence-electron chi connectivity index (χ1n) is 6.28. The molecule has 1 aromatic carbocycles. The summed E-state index contributed by atoms with van der Waals surface area (Å²) < 4.78 is 1.18. The fraction of sp³-hybridized carbons (Fsp3) is 0.462. The van der Waals surface area contributed by atoms with E-state index in [1.165, 1.54) is 16.9 Å². The maximum Gasteiger partial charge on any atom is 0.106 e. The predicted molar refractivity (Wildman–Crippen MR) is 82.8 cm³/mol. The molecule has 1 aliphatic heterocycles. The fourth-order valence-corrected chi connectivity index (χ4v) is 4.28. The number of nitrogen functional groups attached to an aromatic ring is 1. The molecule has 1 fully saturated rings. The molecule has 18 heavy (non-hydrogen) atoms. The standard InChI is InChI=1S/C13H17N3S2/c1-2-9-7-16(5-6-17-9)10-3-4-11-13(12(10)14)15-8-18-11/h3-4,8-9H,2,5-7,14H2,1H3. The molecule has 0 spiro atoms. The van der Waals surface area contributed by atoms with Crippen molar-refractivity contribution in [1.82, 2.24) is 4.98 Å². The third-order valence-corrected chi connectivity index (χ3v) is 5.62. The van der Waals surface area contributed by atoms with Gasteiger partial charge in [0.25, 0.3) is 0 Å². The molecule has 1 aromatic heterocycles. The van der Waals surface area contributed by atoms with Gasteiger partial charge in [-0.3, -0.25) is 0 Å². The van der Waals surface area contributed by atoms with Crippen LogP contribution < -0.4 is 10.6 Å². The summed E-state index contributed by atoms with van der Waals surface area (Å²) in [4.78, 5) is 6.79. The molecule has 0 amide bonds. The second-order valence-corrected chi connectivity index (χ2v) is 6.84. The highest BCUT2D eigenvalue weighted by Crippen LogP contribution is 2.35. The average Bonchev–Trinajstić information content (AvgIpc) is 2.88. The minimum atomic E-state index is 0.726. The minimum Gasteiger partial charge on any atom is -0.395 e. The van der Waals surface area contributed by atoms with E-state index >= 15 is 0 Å². The molecule has 2 aromatic rings. The Bertz CT molecular complexity index is 552. The number of fused-ring (bicyclic) bond motifs is 1. The minimum absolute atomic E-state index is 0.726. The first-order valence-corrected chi connectivity index (χ1v) is 8.20. The van der Waals surface area contributed by atoms with Gasteiger partial charge in [-0.25, -0.2) is 4.98 Å². The Balaban J connectivity index is 1.95. The monoisotopic (exact) mass is 279 g/mol. The van der Waals surface area contributed by atoms with Crippen molar-refractivity contribution >= 4 is 44.7 Å². The zero-order valence-corrected chi connectivity index (χ0v) is 12.1. The molecule has 1 unspecified atom stereocenters. The van der Waals surface area contributed by atoms with Gasteiger partial charge in [0.15, 0.2) is 0 Å². The molecule has 2 N–H and O–H groups in total. The van der Waals surface area contributed by atoms with Gasteiger partial charge in [0, 0.05) is 24.1 Å². The summed E-state index contributed by atoms with van der Waals surface area (Å²) in [5.74, 6) is 1.19. The van der Waals surface area contributed by atoms with E-state index in [4.69, 9.17) is 5.73 Å². The van der Waals surface area contributed by atoms with E-state index in [1.54, 1.807) is 11.3 Å². The fourth-order valence-electron chi connectivity index (χ4n) is 2.40. The molecule has 96 valence electrons. The second-order valence-electron chi connectivity index (χ2n) is 4.54. The highest BCUT2D eigenvalue weighted by atomic mass is 32.2. The molecule has 2 heterocycles. The van der Waals surface area contributed by atoms with Crippen LogP contribution in [0, 0.1) is 0 Å². The largest absolute Gasteiger partial charge is 0.395 e. The summed E-state index contributed by atoms with van der Waals surface area (Å²) in [7, 11) is 0. The Kier molecular flexibility index (Phi) is 3.35. The number of thiazole rings is 1. The second kappa shape index (κ2) is 4.97. The number of thioether (sulfide) groups is 1. The van der Waals surface area contributed by atoms with Gasteiger partial charge in [-0.05, 0) is 18.6 Å². The van der Waals surface area contributed by atoms with Gasteiger partial charge in [0.1, 0.15) is 5.52 Å². The molecular formula is C13H17N3S2. The van der Waals surface area contributed by atoms with Crippen LogP contribution in [0.2, 0.25) is 0 Å². The normalized spacial score (nSPS) is 20.5. The topological polar surface area (TPSA) is 42.2 Å². The Morgan fingerprint density at radius 2 is 2.39 bits per heavy atom. The van der Waals surface area contributed by atoms with Gasteiger partial charge in [0.2, 0.25) is 0 Å². The number of anilines is 2. The van der Waals surface area contributed by atoms with Gasteiger partial charge in [-0.1, -0.05) is 6.92 Å². The molecule has 3 rings (SSSR count). The average molecular weight is 279 g/mol. The van der Waals surface area contributed by atoms with Crippen LogP contribution in [-0.2, 0) is 0 Å². The Labute approximate surface area is 115 Å². The first kappa shape index (κ1) is 12.1. The summed E-state index contributed by atoms with van der Waals surface area (Å²) in [5.41, 5.74) is 11.1. The highest BCUT2D eigenvalue weighted by Gasteiger charge is 2.21. The van der Waals surface area contributed by atoms with E-state index in [-0.39, 0.29) is 0 Å². The van der Waals surface area contributed by atoms with Crippen molar-refractivity contribution in [2.24, 2.45) is 0 Å². The molecule has 3 nitrogen and oxygen atoms in total. The van der Waals surface area contributed by atoms with Crippen molar-refractivity contribution in [3.8, 4) is 0 Å². The smallest absolute Gasteiger partial charge is 0.106 e. The molecule has 1 saturated heterocycles. The van der Waals surface area contributed by atoms with Crippen LogP contribution in [0.25, 0.3) is 10.2 Å². The van der Waals surface area contributed by atoms with Crippen molar-refractivity contribution in [2.45, 2.75) is 18.6 Å². The maximum absolute atomic E-state index is 6.28. The van der Waals surface area contributed by atoms with Crippen molar-refractivity contribution < 1.29 is 0 Å². The van der Waals surface area contributed by atoms with Gasteiger partial charge in [-0.15, -0.1) is 11.3 Å². The van der Waals surface area contributed by atoms with Crippen molar-refractivity contribution in [3.63, 3.8) is 0 Å². The lowest BCUT2D eigenvalue weighted by molar-refractivity contribution is 0.729. The van der Waals surface area contributed by atoms with Gasteiger partial charge < -0.3 is 10.6 Å². The summed E-state index contributed by atoms with van der Waals surface area (Å²) in [6.07, 6.45) is 1.22. The lowest BCUT2D eigenvalue weighted by Crippen LogP contribution is -2.38. The molecular weight excluding hydrogens is 262 g/mol. The number of benzene rings is 1. The molecule has 0 saturated carbocycles. The van der Waals surface area contributed by atoms with Gasteiger partial charge in [-0.2, -0.15) is 11.8 Å². The van der Waals surface area contributed by atoms with Gasteiger partial charge in [0.05, 0.1) is 21.6 Å². The number of rotatable bonds is 2. The number of nitrogens with two attached hydrogens (primary N) is 1. The van der Waals surface area contributed by atoms with Crippen LogP contribution in [0.5, 0.6) is 0 Å². The van der Waals surface area contributed by atoms with E-state index in [0.29, 0.717) is 0 Å². The number of nitrogens with zero attached hydrogens (tertiary/aromatic N) is 2. The predicted octanol–water partition coefficient (Wildman–Crippen LogP) is 3.21. The lowest BCUT2D eigenvalue weighted by atomic mass is 10.2. The quantitative estimate of drug-likeness (QED) is 0.857. The Morgan fingerprint density at radius 1 is 1.50 bits per heavy atom. The molecule has 0 aliphatic carbocycles. The first-order chi connectivity index (χ1) is 8.79. The summed E-state index contributed by atoms with van der Waals surface area (Å²) in [6, 6.07) is 4.29. The Hall–Kier alpha value is -0.940. The molecule has 0 bridgehead atoms. The van der Waals surface area contributed by atoms with Crippen LogP contribution >= 0.6 is 23.1 Å². The number of aromatic nitrogens is 1. The molecule has 1 aliphatic rings. The number of hydrogen-bond donors (Lipinski definition) is 1. The Morgan fingerprint density at radius 3 is 3.22 bits per heavy atom. The van der Waals surface area contributed by atoms with Crippen LogP contribution in [0.1, 0.15) is 13.3 Å². The molecule has 0 radical (unpaired) electrons. The van der Waals surface area contributed by atoms with Crippen LogP contribution in [-0.4, -0.2) is 29.1 Å². The van der Waals surface area contributed by atoms with Crippen LogP contribution in [0.3, 0.4) is 0 Å². The third kappa shape index (κ3) is 2.06. The zero-order chi connectivity index (χ0) is 12.5. The molecule has 1 atom stereocenters. The van der Waals surface area contributed by atoms with Crippen LogP contribution in [0.15, 0.2) is 17.6 Å². The van der Waals surface area contributed by atoms with Crippen LogP contribution in [0.4, 0.5) is 11.4 Å². The summed E-state index contributed by atoms with van der Waals surface area (Å²) in [6.45, 7) is 4.44. The number of hydrogen-bond acceptors (Lipinski definition) is 5. The van der Waals surface area contributed by atoms with E-state index in [0.717, 1.165) is 35.2 Å². The lowest BCUT2D eigenvalue weighted by Gasteiger charge is -2.34. The van der Waals surface area contributed by atoms with Crippen molar-refractivity contribution in [1.29, 1.82) is 0 Å². The van der Waals surface area contributed by atoms with Gasteiger partial charge >= 0.3 is 0 Å². The van der Waals surface area contributed by atoms with E-state index in [9.17, 15) is 0 Å². The van der Waals surface area contributed by atoms with E-state index in [1.807, 2.05) is 5.51 Å². The van der Waals surface area contributed by atoms with Crippen molar-refractivity contribution in [3.05, 3.63) is 17.6 Å². The van der Waals surface area contributed by atoms with Crippen molar-refractivity contribution in [2.75, 3.05) is 29.5 Å². The summed E-state index contributed by atoms with van der Waals surface area (Å²) in [5, 5.41) is 0.726. The van der Waals surface area contributed by atoms with E-state index in [2.05, 4.69) is 40.7 Å². The highest BCUT2D eigenvalue weighted by molar-refractivity contribution is 8.00. The maximum atomic E-state index is 6.28. The SMILES string of the molecule is CCC1CN(c2ccc3scnc3c2N)CCS1.